The third-order valence-electron chi connectivity index (χ3n) is 9.04. The average Bonchev–Trinajstić information content (AvgIpc) is 3.08. The summed E-state index contributed by atoms with van der Waals surface area (Å²) in [7, 11) is 4.34. The smallest absolute Gasteiger partial charge is 0.233 e. The number of aryl methyl sites for hydroxylation is 1. The molecule has 0 fully saturated rings. The fourth-order valence-corrected chi connectivity index (χ4v) is 6.89. The fraction of sp³-hybridized carbons (Fsp3) is 0.190. The molecule has 0 N–H and O–H groups in total. The molecule has 241 valence electrons. The Balaban J connectivity index is 0.000000241. The molecule has 0 unspecified atom stereocenters. The Morgan fingerprint density at radius 2 is 1.42 bits per heavy atom. The van der Waals surface area contributed by atoms with E-state index in [0.29, 0.717) is 0 Å². The molecular formula is C42H39BIrN4-2. The second-order valence-electron chi connectivity index (χ2n) is 13.8. The zero-order valence-electron chi connectivity index (χ0n) is 28.4. The van der Waals surface area contributed by atoms with Gasteiger partial charge in [0.05, 0.1) is 0 Å². The van der Waals surface area contributed by atoms with Gasteiger partial charge in [-0.05, 0) is 76.6 Å². The molecule has 4 nitrogen and oxygen atoms in total. The van der Waals surface area contributed by atoms with E-state index in [2.05, 4.69) is 135 Å². The van der Waals surface area contributed by atoms with Gasteiger partial charge in [-0.3, -0.25) is 0 Å². The van der Waals surface area contributed by atoms with E-state index in [1.807, 2.05) is 49.6 Å². The maximum absolute atomic E-state index is 4.74. The Morgan fingerprint density at radius 3 is 2.12 bits per heavy atom. The van der Waals surface area contributed by atoms with E-state index >= 15 is 0 Å². The van der Waals surface area contributed by atoms with Crippen molar-refractivity contribution in [2.24, 2.45) is 5.41 Å². The van der Waals surface area contributed by atoms with Crippen molar-refractivity contribution in [1.29, 1.82) is 0 Å². The van der Waals surface area contributed by atoms with Crippen molar-refractivity contribution in [2.45, 2.75) is 34.1 Å². The third-order valence-corrected chi connectivity index (χ3v) is 9.04. The van der Waals surface area contributed by atoms with E-state index in [9.17, 15) is 0 Å². The van der Waals surface area contributed by atoms with Crippen molar-refractivity contribution >= 4 is 45.9 Å². The van der Waals surface area contributed by atoms with Gasteiger partial charge in [-0.15, -0.1) is 65.1 Å². The van der Waals surface area contributed by atoms with Gasteiger partial charge in [0.1, 0.15) is 0 Å². The third kappa shape index (κ3) is 6.48. The van der Waals surface area contributed by atoms with Crippen molar-refractivity contribution in [2.75, 3.05) is 23.9 Å². The predicted octanol–water partition coefficient (Wildman–Crippen LogP) is 7.67. The first-order valence-electron chi connectivity index (χ1n) is 16.3. The normalized spacial score (nSPS) is 12.6. The Morgan fingerprint density at radius 1 is 0.688 bits per heavy atom. The second-order valence-corrected chi connectivity index (χ2v) is 13.8. The zero-order valence-corrected chi connectivity index (χ0v) is 30.8. The number of fused-ring (bicyclic) bond motifs is 4. The van der Waals surface area contributed by atoms with E-state index < -0.39 is 0 Å². The number of benzene rings is 4. The van der Waals surface area contributed by atoms with Gasteiger partial charge in [0, 0.05) is 63.7 Å². The van der Waals surface area contributed by atoms with Crippen LogP contribution in [-0.2, 0) is 26.5 Å². The largest absolute Gasteiger partial charge is 0.385 e. The molecule has 0 amide bonds. The molecule has 0 spiro atoms. The first-order chi connectivity index (χ1) is 22.7. The number of aromatic nitrogens is 2. The van der Waals surface area contributed by atoms with Crippen molar-refractivity contribution in [1.82, 2.24) is 9.97 Å². The van der Waals surface area contributed by atoms with E-state index in [1.54, 1.807) is 0 Å². The van der Waals surface area contributed by atoms with Crippen LogP contribution in [0.15, 0.2) is 116 Å². The minimum absolute atomic E-state index is 0. The topological polar surface area (TPSA) is 32.3 Å². The standard InChI is InChI=1S/C30H29BN3.C12H10N.Ir/c1-30(2,3)19-20-15-16-32-24(17-20)21-13-14-26-23(18-21)31-22-9-6-7-10-25(22)33(4)27-11-8-12-28(29(27)31)34(26)5;1-10-7-8-12(13-9-10)11-5-3-2-4-6-11;/h6-12,14-18H,19H2,1-5H3;2-5,7-9H,1H3;/q2*-1;. The van der Waals surface area contributed by atoms with Crippen LogP contribution < -0.4 is 26.2 Å². The van der Waals surface area contributed by atoms with Crippen molar-refractivity contribution < 1.29 is 20.1 Å². The summed E-state index contributed by atoms with van der Waals surface area (Å²) < 4.78 is 0. The SMILES string of the molecule is CN1c2c[c-]c(-c3cc(CC(C)(C)C)ccn3)cc2B2c3ccccc3N(C)c3cccc1c32.Cc1ccc(-c2[c-]cccc2)nc1.[Ir]. The minimum atomic E-state index is 0. The van der Waals surface area contributed by atoms with Crippen LogP contribution in [0.1, 0.15) is 31.9 Å². The van der Waals surface area contributed by atoms with E-state index in [1.165, 1.54) is 50.3 Å². The molecule has 6 heteroatoms. The van der Waals surface area contributed by atoms with Crippen LogP contribution in [0.2, 0.25) is 0 Å². The molecule has 0 aliphatic carbocycles. The minimum Gasteiger partial charge on any atom is -0.385 e. The van der Waals surface area contributed by atoms with Gasteiger partial charge < -0.3 is 19.8 Å². The molecule has 48 heavy (non-hydrogen) atoms. The van der Waals surface area contributed by atoms with E-state index in [-0.39, 0.29) is 32.2 Å². The summed E-state index contributed by atoms with van der Waals surface area (Å²) >= 11 is 0. The Bertz CT molecular complexity index is 2040. The molecule has 2 aliphatic rings. The van der Waals surface area contributed by atoms with E-state index in [0.717, 1.165) is 28.9 Å². The van der Waals surface area contributed by atoms with Gasteiger partial charge >= 0.3 is 0 Å². The first-order valence-corrected chi connectivity index (χ1v) is 16.3. The number of hydrogen-bond acceptors (Lipinski definition) is 4. The number of nitrogens with zero attached hydrogens (tertiary/aromatic N) is 4. The molecule has 0 bridgehead atoms. The molecule has 2 aliphatic heterocycles. The number of hydrogen-bond donors (Lipinski definition) is 0. The zero-order chi connectivity index (χ0) is 32.7. The summed E-state index contributed by atoms with van der Waals surface area (Å²) in [6.07, 6.45) is 4.83. The summed E-state index contributed by atoms with van der Waals surface area (Å²) in [6, 6.07) is 42.9. The van der Waals surface area contributed by atoms with Gasteiger partial charge in [0.15, 0.2) is 0 Å². The summed E-state index contributed by atoms with van der Waals surface area (Å²) in [5.74, 6) is 0. The maximum Gasteiger partial charge on any atom is 0.233 e. The Labute approximate surface area is 299 Å². The van der Waals surface area contributed by atoms with Crippen LogP contribution in [0, 0.1) is 24.5 Å². The van der Waals surface area contributed by atoms with Gasteiger partial charge in [-0.2, -0.15) is 0 Å². The van der Waals surface area contributed by atoms with Crippen LogP contribution in [0.25, 0.3) is 22.5 Å². The van der Waals surface area contributed by atoms with Crippen molar-refractivity contribution in [3.8, 4) is 22.5 Å². The number of para-hydroxylation sites is 1. The average molecular weight is 803 g/mol. The first kappa shape index (κ1) is 33.4. The Hall–Kier alpha value is -4.51. The van der Waals surface area contributed by atoms with Crippen molar-refractivity contribution in [3.05, 3.63) is 139 Å². The number of anilines is 4. The van der Waals surface area contributed by atoms with Crippen LogP contribution in [-0.4, -0.2) is 30.8 Å². The molecule has 1 radical (unpaired) electrons. The molecule has 0 atom stereocenters. The summed E-state index contributed by atoms with van der Waals surface area (Å²) in [5, 5.41) is 0. The second kappa shape index (κ2) is 13.5. The van der Waals surface area contributed by atoms with Gasteiger partial charge in [-0.25, -0.2) is 0 Å². The summed E-state index contributed by atoms with van der Waals surface area (Å²) in [4.78, 5) is 13.7. The van der Waals surface area contributed by atoms with Crippen LogP contribution >= 0.6 is 0 Å². The quantitative estimate of drug-likeness (QED) is 0.136. The van der Waals surface area contributed by atoms with Gasteiger partial charge in [0.25, 0.3) is 0 Å². The molecule has 4 aromatic carbocycles. The van der Waals surface area contributed by atoms with Gasteiger partial charge in [-0.1, -0.05) is 68.8 Å². The summed E-state index contributed by atoms with van der Waals surface area (Å²) in [5.41, 5.74) is 15.9. The molecule has 0 saturated heterocycles. The molecule has 8 rings (SSSR count). The van der Waals surface area contributed by atoms with Gasteiger partial charge in [0.2, 0.25) is 6.71 Å². The molecular weight excluding hydrogens is 764 g/mol. The van der Waals surface area contributed by atoms with E-state index in [4.69, 9.17) is 4.98 Å². The van der Waals surface area contributed by atoms with Crippen LogP contribution in [0.3, 0.4) is 0 Å². The fourth-order valence-electron chi connectivity index (χ4n) is 6.89. The molecule has 2 aromatic heterocycles. The monoisotopic (exact) mass is 803 g/mol. The molecule has 0 saturated carbocycles. The van der Waals surface area contributed by atoms with Crippen molar-refractivity contribution in [3.63, 3.8) is 0 Å². The molecule has 6 aromatic rings. The Kier molecular flexibility index (Phi) is 9.42. The molecule has 4 heterocycles. The predicted molar refractivity (Wildman–Crippen MR) is 199 cm³/mol. The number of pyridine rings is 2. The summed E-state index contributed by atoms with van der Waals surface area (Å²) in [6.45, 7) is 9.06. The number of rotatable bonds is 3. The van der Waals surface area contributed by atoms with Crippen LogP contribution in [0.5, 0.6) is 0 Å². The maximum atomic E-state index is 4.74. The van der Waals surface area contributed by atoms with Crippen LogP contribution in [0.4, 0.5) is 22.7 Å².